The van der Waals surface area contributed by atoms with E-state index in [9.17, 15) is 0 Å². The van der Waals surface area contributed by atoms with Crippen molar-refractivity contribution in [2.45, 2.75) is 24.5 Å². The highest BCUT2D eigenvalue weighted by Crippen LogP contribution is 2.34. The minimum Gasteiger partial charge on any atom is -0.242 e. The predicted molar refractivity (Wildman–Crippen MR) is 71.6 cm³/mol. The van der Waals surface area contributed by atoms with Crippen LogP contribution in [0.3, 0.4) is 0 Å². The largest absolute Gasteiger partial charge is 0.242 e. The molecule has 0 aromatic heterocycles. The van der Waals surface area contributed by atoms with Crippen LogP contribution in [0, 0.1) is 0 Å². The second-order valence-electron chi connectivity index (χ2n) is 4.05. The monoisotopic (exact) mass is 256 g/mol. The van der Waals surface area contributed by atoms with Crippen LogP contribution in [-0.2, 0) is 0 Å². The molecular formula is C12H17ClN2S. The summed E-state index contributed by atoms with van der Waals surface area (Å²) in [5, 5.41) is 4.08. The van der Waals surface area contributed by atoms with Gasteiger partial charge in [0.25, 0.3) is 0 Å². The molecule has 0 aliphatic carbocycles. The van der Waals surface area contributed by atoms with E-state index in [1.807, 2.05) is 23.9 Å². The molecule has 0 spiro atoms. The number of benzene rings is 1. The molecule has 0 unspecified atom stereocenters. The molecule has 16 heavy (non-hydrogen) atoms. The molecule has 88 valence electrons. The van der Waals surface area contributed by atoms with Gasteiger partial charge in [-0.3, -0.25) is 0 Å². The first-order valence-electron chi connectivity index (χ1n) is 5.61. The van der Waals surface area contributed by atoms with E-state index in [-0.39, 0.29) is 0 Å². The van der Waals surface area contributed by atoms with Gasteiger partial charge in [-0.2, -0.15) is 0 Å². The van der Waals surface area contributed by atoms with Crippen LogP contribution in [-0.4, -0.2) is 23.3 Å². The smallest absolute Gasteiger partial charge is 0.0921 e. The maximum absolute atomic E-state index is 5.90. The highest BCUT2D eigenvalue weighted by atomic mass is 35.5. The molecule has 0 radical (unpaired) electrons. The fourth-order valence-electron chi connectivity index (χ4n) is 1.85. The molecule has 0 saturated carbocycles. The van der Waals surface area contributed by atoms with Gasteiger partial charge in [0.2, 0.25) is 0 Å². The Balaban J connectivity index is 2.11. The SMILES string of the molecule is CCN1C[C@H](C)S[C@@H](c2ccc(Cl)cc2)N1. The van der Waals surface area contributed by atoms with Crippen molar-refractivity contribution in [1.29, 1.82) is 0 Å². The van der Waals surface area contributed by atoms with Crippen molar-refractivity contribution in [3.63, 3.8) is 0 Å². The topological polar surface area (TPSA) is 15.3 Å². The van der Waals surface area contributed by atoms with E-state index >= 15 is 0 Å². The summed E-state index contributed by atoms with van der Waals surface area (Å²) in [6.45, 7) is 6.59. The fraction of sp³-hybridized carbons (Fsp3) is 0.500. The van der Waals surface area contributed by atoms with E-state index in [1.165, 1.54) is 5.56 Å². The zero-order valence-corrected chi connectivity index (χ0v) is 11.2. The summed E-state index contributed by atoms with van der Waals surface area (Å²) in [7, 11) is 0. The number of hydrazine groups is 1. The molecule has 1 heterocycles. The van der Waals surface area contributed by atoms with Gasteiger partial charge in [0.05, 0.1) is 5.37 Å². The second kappa shape index (κ2) is 5.41. The van der Waals surface area contributed by atoms with Gasteiger partial charge in [-0.15, -0.1) is 11.8 Å². The van der Waals surface area contributed by atoms with Crippen LogP contribution < -0.4 is 5.43 Å². The number of rotatable bonds is 2. The van der Waals surface area contributed by atoms with Crippen molar-refractivity contribution in [1.82, 2.24) is 10.4 Å². The quantitative estimate of drug-likeness (QED) is 0.874. The Morgan fingerprint density at radius 2 is 2.12 bits per heavy atom. The molecule has 1 aliphatic rings. The zero-order chi connectivity index (χ0) is 11.5. The van der Waals surface area contributed by atoms with Crippen LogP contribution in [0.2, 0.25) is 5.02 Å². The van der Waals surface area contributed by atoms with Crippen LogP contribution in [0.1, 0.15) is 24.8 Å². The molecule has 1 saturated heterocycles. The Bertz CT molecular complexity index is 341. The third-order valence-corrected chi connectivity index (χ3v) is 4.22. The maximum atomic E-state index is 5.90. The van der Waals surface area contributed by atoms with Gasteiger partial charge in [-0.1, -0.05) is 37.6 Å². The van der Waals surface area contributed by atoms with E-state index in [0.717, 1.165) is 18.1 Å². The summed E-state index contributed by atoms with van der Waals surface area (Å²) >= 11 is 7.87. The van der Waals surface area contributed by atoms with Crippen molar-refractivity contribution in [2.24, 2.45) is 0 Å². The van der Waals surface area contributed by atoms with E-state index in [0.29, 0.717) is 10.6 Å². The van der Waals surface area contributed by atoms with Crippen LogP contribution >= 0.6 is 23.4 Å². The average molecular weight is 257 g/mol. The van der Waals surface area contributed by atoms with E-state index < -0.39 is 0 Å². The summed E-state index contributed by atoms with van der Waals surface area (Å²) in [5.41, 5.74) is 4.81. The van der Waals surface area contributed by atoms with Crippen LogP contribution in [0.15, 0.2) is 24.3 Å². The lowest BCUT2D eigenvalue weighted by molar-refractivity contribution is 0.183. The molecule has 0 bridgehead atoms. The fourth-order valence-corrected chi connectivity index (χ4v) is 3.23. The average Bonchev–Trinajstić information content (AvgIpc) is 2.29. The van der Waals surface area contributed by atoms with E-state index in [2.05, 4.69) is 36.4 Å². The number of thioether (sulfide) groups is 1. The first kappa shape index (κ1) is 12.2. The van der Waals surface area contributed by atoms with Crippen molar-refractivity contribution in [2.75, 3.05) is 13.1 Å². The highest BCUT2D eigenvalue weighted by molar-refractivity contribution is 8.00. The van der Waals surface area contributed by atoms with Crippen molar-refractivity contribution < 1.29 is 0 Å². The first-order chi connectivity index (χ1) is 7.69. The van der Waals surface area contributed by atoms with Crippen LogP contribution in [0.4, 0.5) is 0 Å². The summed E-state index contributed by atoms with van der Waals surface area (Å²) in [6.07, 6.45) is 0. The number of hydrogen-bond donors (Lipinski definition) is 1. The molecular weight excluding hydrogens is 240 g/mol. The highest BCUT2D eigenvalue weighted by Gasteiger charge is 2.24. The van der Waals surface area contributed by atoms with Gasteiger partial charge in [-0.25, -0.2) is 10.4 Å². The molecule has 2 nitrogen and oxygen atoms in total. The van der Waals surface area contributed by atoms with E-state index in [4.69, 9.17) is 11.6 Å². The third kappa shape index (κ3) is 2.92. The molecule has 0 amide bonds. The van der Waals surface area contributed by atoms with Crippen LogP contribution in [0.5, 0.6) is 0 Å². The second-order valence-corrected chi connectivity index (χ2v) is 6.03. The lowest BCUT2D eigenvalue weighted by atomic mass is 10.2. The summed E-state index contributed by atoms with van der Waals surface area (Å²) in [4.78, 5) is 0. The molecule has 2 atom stereocenters. The normalized spacial score (nSPS) is 26.9. The minimum absolute atomic E-state index is 0.348. The molecule has 1 aromatic carbocycles. The van der Waals surface area contributed by atoms with Gasteiger partial charge in [0.15, 0.2) is 0 Å². The third-order valence-electron chi connectivity index (χ3n) is 2.70. The van der Waals surface area contributed by atoms with Crippen LogP contribution in [0.25, 0.3) is 0 Å². The first-order valence-corrected chi connectivity index (χ1v) is 6.93. The van der Waals surface area contributed by atoms with Crippen molar-refractivity contribution in [3.8, 4) is 0 Å². The predicted octanol–water partition coefficient (Wildman–Crippen LogP) is 3.30. The van der Waals surface area contributed by atoms with Gasteiger partial charge in [0, 0.05) is 23.4 Å². The summed E-state index contributed by atoms with van der Waals surface area (Å²) < 4.78 is 0. The Labute approximate surface area is 106 Å². The molecule has 1 aliphatic heterocycles. The zero-order valence-electron chi connectivity index (χ0n) is 9.61. The minimum atomic E-state index is 0.348. The number of hydrogen-bond acceptors (Lipinski definition) is 3. The molecule has 2 rings (SSSR count). The van der Waals surface area contributed by atoms with Crippen molar-refractivity contribution in [3.05, 3.63) is 34.9 Å². The Kier molecular flexibility index (Phi) is 4.14. The standard InChI is InChI=1S/C12H17ClN2S/c1-3-15-8-9(2)16-12(14-15)10-4-6-11(13)7-5-10/h4-7,9,12,14H,3,8H2,1-2H3/t9-,12-/m0/s1. The molecule has 4 heteroatoms. The molecule has 1 aromatic rings. The number of nitrogens with one attached hydrogen (secondary N) is 1. The van der Waals surface area contributed by atoms with E-state index in [1.54, 1.807) is 0 Å². The molecule has 1 fully saturated rings. The van der Waals surface area contributed by atoms with Gasteiger partial charge < -0.3 is 0 Å². The summed E-state index contributed by atoms with van der Waals surface area (Å²) in [5.74, 6) is 0. The van der Waals surface area contributed by atoms with Gasteiger partial charge in [0.1, 0.15) is 0 Å². The maximum Gasteiger partial charge on any atom is 0.0921 e. The Morgan fingerprint density at radius 3 is 2.75 bits per heavy atom. The number of nitrogens with zero attached hydrogens (tertiary/aromatic N) is 1. The Hall–Kier alpha value is -0.220. The lowest BCUT2D eigenvalue weighted by Gasteiger charge is -2.36. The molecule has 1 N–H and O–H groups in total. The van der Waals surface area contributed by atoms with Gasteiger partial charge in [-0.05, 0) is 17.7 Å². The Morgan fingerprint density at radius 1 is 1.44 bits per heavy atom. The lowest BCUT2D eigenvalue weighted by Crippen LogP contribution is -2.47. The van der Waals surface area contributed by atoms with Crippen molar-refractivity contribution >= 4 is 23.4 Å². The van der Waals surface area contributed by atoms with Gasteiger partial charge >= 0.3 is 0 Å². The summed E-state index contributed by atoms with van der Waals surface area (Å²) in [6, 6.07) is 8.10. The number of halogens is 1.